The van der Waals surface area contributed by atoms with Gasteiger partial charge in [0.1, 0.15) is 0 Å². The molecule has 3 nitrogen and oxygen atoms in total. The van der Waals surface area contributed by atoms with E-state index in [1.165, 1.54) is 12.2 Å². The summed E-state index contributed by atoms with van der Waals surface area (Å²) in [6.45, 7) is 10.7. The average Bonchev–Trinajstić information content (AvgIpc) is 2.39. The molecule has 0 saturated carbocycles. The Hall–Kier alpha value is -0.770. The quantitative estimate of drug-likeness (QED) is 0.921. The lowest BCUT2D eigenvalue weighted by Gasteiger charge is -2.37. The van der Waals surface area contributed by atoms with Crippen molar-refractivity contribution in [3.8, 4) is 0 Å². The van der Waals surface area contributed by atoms with Gasteiger partial charge in [0, 0.05) is 50.0 Å². The Morgan fingerprint density at radius 2 is 1.89 bits per heavy atom. The Kier molecular flexibility index (Phi) is 5.08. The summed E-state index contributed by atoms with van der Waals surface area (Å²) in [6.07, 6.45) is 0. The maximum Gasteiger partial charge on any atom is 0.0471 e. The largest absolute Gasteiger partial charge is 0.369 e. The SMILES string of the molecule is CC(C)CN1CCN(c2ccc(CN)c(Cl)c2)CC1. The molecular weight excluding hydrogens is 258 g/mol. The minimum absolute atomic E-state index is 0.501. The van der Waals surface area contributed by atoms with Gasteiger partial charge < -0.3 is 10.6 Å². The number of anilines is 1. The lowest BCUT2D eigenvalue weighted by Crippen LogP contribution is -2.47. The van der Waals surface area contributed by atoms with E-state index in [-0.39, 0.29) is 0 Å². The minimum atomic E-state index is 0.501. The number of halogens is 1. The third-order valence-corrected chi connectivity index (χ3v) is 3.97. The number of rotatable bonds is 4. The number of hydrogen-bond donors (Lipinski definition) is 1. The lowest BCUT2D eigenvalue weighted by atomic mass is 10.1. The summed E-state index contributed by atoms with van der Waals surface area (Å²) >= 11 is 6.23. The molecule has 1 saturated heterocycles. The molecule has 0 atom stereocenters. The first-order chi connectivity index (χ1) is 9.10. The van der Waals surface area contributed by atoms with Gasteiger partial charge in [0.25, 0.3) is 0 Å². The van der Waals surface area contributed by atoms with E-state index in [0.29, 0.717) is 6.54 Å². The first kappa shape index (κ1) is 14.6. The van der Waals surface area contributed by atoms with Gasteiger partial charge in [-0.05, 0) is 23.6 Å². The monoisotopic (exact) mass is 281 g/mol. The summed E-state index contributed by atoms with van der Waals surface area (Å²) < 4.78 is 0. The van der Waals surface area contributed by atoms with E-state index >= 15 is 0 Å². The van der Waals surface area contributed by atoms with Crippen molar-refractivity contribution in [1.29, 1.82) is 0 Å². The summed E-state index contributed by atoms with van der Waals surface area (Å²) in [7, 11) is 0. The number of piperazine rings is 1. The molecule has 0 aliphatic carbocycles. The van der Waals surface area contributed by atoms with E-state index in [2.05, 4.69) is 29.7 Å². The highest BCUT2D eigenvalue weighted by atomic mass is 35.5. The molecule has 1 aliphatic heterocycles. The molecule has 0 radical (unpaired) electrons. The highest BCUT2D eigenvalue weighted by Crippen LogP contribution is 2.24. The van der Waals surface area contributed by atoms with Crippen molar-refractivity contribution in [3.05, 3.63) is 28.8 Å². The van der Waals surface area contributed by atoms with Crippen LogP contribution in [0, 0.1) is 5.92 Å². The fourth-order valence-electron chi connectivity index (χ4n) is 2.60. The Bertz CT molecular complexity index is 412. The molecule has 0 bridgehead atoms. The molecule has 19 heavy (non-hydrogen) atoms. The number of nitrogens with zero attached hydrogens (tertiary/aromatic N) is 2. The fraction of sp³-hybridized carbons (Fsp3) is 0.600. The van der Waals surface area contributed by atoms with E-state index in [1.54, 1.807) is 0 Å². The fourth-order valence-corrected chi connectivity index (χ4v) is 2.86. The third-order valence-electron chi connectivity index (χ3n) is 3.62. The van der Waals surface area contributed by atoms with Crippen molar-refractivity contribution in [2.24, 2.45) is 11.7 Å². The van der Waals surface area contributed by atoms with Crippen LogP contribution in [0.3, 0.4) is 0 Å². The predicted octanol–water partition coefficient (Wildman–Crippen LogP) is 2.58. The summed E-state index contributed by atoms with van der Waals surface area (Å²) in [4.78, 5) is 4.94. The van der Waals surface area contributed by atoms with Crippen LogP contribution in [0.4, 0.5) is 5.69 Å². The molecule has 1 aromatic carbocycles. The van der Waals surface area contributed by atoms with Crippen LogP contribution in [0.2, 0.25) is 5.02 Å². The van der Waals surface area contributed by atoms with Crippen LogP contribution >= 0.6 is 11.6 Å². The van der Waals surface area contributed by atoms with Gasteiger partial charge in [0.2, 0.25) is 0 Å². The van der Waals surface area contributed by atoms with Gasteiger partial charge in [-0.2, -0.15) is 0 Å². The van der Waals surface area contributed by atoms with E-state index in [9.17, 15) is 0 Å². The Morgan fingerprint density at radius 3 is 2.42 bits per heavy atom. The van der Waals surface area contributed by atoms with E-state index in [4.69, 9.17) is 17.3 Å². The third kappa shape index (κ3) is 3.85. The van der Waals surface area contributed by atoms with Gasteiger partial charge in [-0.1, -0.05) is 31.5 Å². The molecule has 4 heteroatoms. The van der Waals surface area contributed by atoms with Crippen LogP contribution < -0.4 is 10.6 Å². The molecule has 0 amide bonds. The van der Waals surface area contributed by atoms with E-state index in [0.717, 1.165) is 42.7 Å². The molecule has 106 valence electrons. The van der Waals surface area contributed by atoms with Crippen LogP contribution in [0.15, 0.2) is 18.2 Å². The number of benzene rings is 1. The number of hydrogen-bond acceptors (Lipinski definition) is 3. The zero-order valence-electron chi connectivity index (χ0n) is 11.9. The lowest BCUT2D eigenvalue weighted by molar-refractivity contribution is 0.231. The van der Waals surface area contributed by atoms with Crippen molar-refractivity contribution in [1.82, 2.24) is 4.90 Å². The zero-order chi connectivity index (χ0) is 13.8. The van der Waals surface area contributed by atoms with Crippen molar-refractivity contribution in [2.75, 3.05) is 37.6 Å². The van der Waals surface area contributed by atoms with Crippen molar-refractivity contribution in [3.63, 3.8) is 0 Å². The summed E-state index contributed by atoms with van der Waals surface area (Å²) in [5.74, 6) is 0.741. The van der Waals surface area contributed by atoms with E-state index in [1.807, 2.05) is 12.1 Å². The molecule has 2 N–H and O–H groups in total. The molecule has 1 heterocycles. The Morgan fingerprint density at radius 1 is 1.21 bits per heavy atom. The van der Waals surface area contributed by atoms with Crippen LogP contribution in [0.1, 0.15) is 19.4 Å². The van der Waals surface area contributed by atoms with Gasteiger partial charge in [0.05, 0.1) is 0 Å². The van der Waals surface area contributed by atoms with Crippen molar-refractivity contribution in [2.45, 2.75) is 20.4 Å². The van der Waals surface area contributed by atoms with Gasteiger partial charge in [-0.15, -0.1) is 0 Å². The van der Waals surface area contributed by atoms with E-state index < -0.39 is 0 Å². The molecule has 2 rings (SSSR count). The first-order valence-corrected chi connectivity index (χ1v) is 7.43. The molecule has 0 unspecified atom stereocenters. The van der Waals surface area contributed by atoms with Crippen LogP contribution in [0.25, 0.3) is 0 Å². The highest BCUT2D eigenvalue weighted by Gasteiger charge is 2.18. The smallest absolute Gasteiger partial charge is 0.0471 e. The second-order valence-corrected chi connectivity index (χ2v) is 6.07. The van der Waals surface area contributed by atoms with Gasteiger partial charge in [-0.25, -0.2) is 0 Å². The standard InChI is InChI=1S/C15H24ClN3/c1-12(2)11-18-5-7-19(8-6-18)14-4-3-13(10-17)15(16)9-14/h3-4,9,12H,5-8,10-11,17H2,1-2H3. The molecule has 1 aliphatic rings. The Balaban J connectivity index is 1.96. The maximum atomic E-state index is 6.23. The Labute approximate surface area is 121 Å². The van der Waals surface area contributed by atoms with Gasteiger partial charge >= 0.3 is 0 Å². The summed E-state index contributed by atoms with van der Waals surface area (Å²) in [5.41, 5.74) is 7.87. The predicted molar refractivity (Wildman–Crippen MR) is 82.8 cm³/mol. The van der Waals surface area contributed by atoms with Gasteiger partial charge in [-0.3, -0.25) is 4.90 Å². The maximum absolute atomic E-state index is 6.23. The van der Waals surface area contributed by atoms with Gasteiger partial charge in [0.15, 0.2) is 0 Å². The molecule has 0 aromatic heterocycles. The van der Waals surface area contributed by atoms with Crippen LogP contribution in [-0.4, -0.2) is 37.6 Å². The first-order valence-electron chi connectivity index (χ1n) is 7.06. The molecule has 0 spiro atoms. The molecular formula is C15H24ClN3. The normalized spacial score (nSPS) is 17.2. The van der Waals surface area contributed by atoms with Crippen LogP contribution in [-0.2, 0) is 6.54 Å². The van der Waals surface area contributed by atoms with Crippen molar-refractivity contribution < 1.29 is 0 Å². The zero-order valence-corrected chi connectivity index (χ0v) is 12.7. The number of nitrogens with two attached hydrogens (primary N) is 1. The van der Waals surface area contributed by atoms with Crippen molar-refractivity contribution >= 4 is 17.3 Å². The second kappa shape index (κ2) is 6.60. The highest BCUT2D eigenvalue weighted by molar-refractivity contribution is 6.31. The minimum Gasteiger partial charge on any atom is -0.369 e. The summed E-state index contributed by atoms with van der Waals surface area (Å²) in [6, 6.07) is 6.21. The average molecular weight is 282 g/mol. The molecule has 1 fully saturated rings. The second-order valence-electron chi connectivity index (χ2n) is 5.66. The topological polar surface area (TPSA) is 32.5 Å². The summed E-state index contributed by atoms with van der Waals surface area (Å²) in [5, 5.41) is 0.782. The van der Waals surface area contributed by atoms with Crippen LogP contribution in [0.5, 0.6) is 0 Å². The molecule has 1 aromatic rings.